The van der Waals surface area contributed by atoms with Gasteiger partial charge in [0.1, 0.15) is 0 Å². The van der Waals surface area contributed by atoms with Crippen LogP contribution >= 0.6 is 0 Å². The van der Waals surface area contributed by atoms with E-state index in [2.05, 4.69) is 0 Å². The van der Waals surface area contributed by atoms with Gasteiger partial charge in [-0.1, -0.05) is 0 Å². The van der Waals surface area contributed by atoms with Crippen molar-refractivity contribution in [2.75, 3.05) is 6.54 Å². The molecule has 0 fully saturated rings. The summed E-state index contributed by atoms with van der Waals surface area (Å²) in [5.74, 6) is 0. The molecule has 5 nitrogen and oxygen atoms in total. The van der Waals surface area contributed by atoms with Crippen LogP contribution in [0.1, 0.15) is 0 Å². The third-order valence-corrected chi connectivity index (χ3v) is 0.312. The second-order valence-corrected chi connectivity index (χ2v) is 1.07. The summed E-state index contributed by atoms with van der Waals surface area (Å²) in [5.41, 5.74) is 9.49. The second kappa shape index (κ2) is 2.49. The van der Waals surface area contributed by atoms with Crippen molar-refractivity contribution in [1.82, 2.24) is 0 Å². The van der Waals surface area contributed by atoms with Crippen LogP contribution in [0.2, 0.25) is 0 Å². The van der Waals surface area contributed by atoms with Gasteiger partial charge in [0.05, 0.1) is 0 Å². The monoisotopic (exact) mass is 104 g/mol. The number of hydrogen-bond donors (Lipinski definition) is 2. The molecule has 0 aromatic carbocycles. The molecule has 4 N–H and O–H groups in total. The molecule has 41 valence electrons. The molecule has 0 rings (SSSR count). The van der Waals surface area contributed by atoms with E-state index in [9.17, 15) is 10.1 Å². The minimum Gasteiger partial charge on any atom is -0.305 e. The standard InChI is InChI=1S/C2H6N3O2/c3-2(4)1-5(6)7/h1,3-4H2. The Hall–Kier alpha value is -0.680. The molecule has 0 saturated heterocycles. The number of hydrogen-bond acceptors (Lipinski definition) is 4. The first kappa shape index (κ1) is 6.32. The quantitative estimate of drug-likeness (QED) is 0.335. The van der Waals surface area contributed by atoms with Crippen LogP contribution in [-0.4, -0.2) is 11.5 Å². The minimum atomic E-state index is -0.588. The zero-order valence-electron chi connectivity index (χ0n) is 3.63. The van der Waals surface area contributed by atoms with Gasteiger partial charge in [0.25, 0.3) is 0 Å². The Kier molecular flexibility index (Phi) is 2.24. The average molecular weight is 104 g/mol. The van der Waals surface area contributed by atoms with Gasteiger partial charge in [-0.25, -0.2) is 0 Å². The molecule has 0 aliphatic carbocycles. The fraction of sp³-hybridized carbons (Fsp3) is 0.500. The molecule has 0 unspecified atom stereocenters. The maximum atomic E-state index is 9.43. The van der Waals surface area contributed by atoms with Crippen LogP contribution in [0, 0.1) is 16.3 Å². The van der Waals surface area contributed by atoms with E-state index in [1.165, 1.54) is 0 Å². The first-order chi connectivity index (χ1) is 3.13. The third-order valence-electron chi connectivity index (χ3n) is 0.312. The van der Waals surface area contributed by atoms with E-state index in [1.54, 1.807) is 0 Å². The zero-order chi connectivity index (χ0) is 5.86. The lowest BCUT2D eigenvalue weighted by Gasteiger charge is -1.92. The second-order valence-electron chi connectivity index (χ2n) is 1.07. The molecule has 7 heavy (non-hydrogen) atoms. The Labute approximate surface area is 40.4 Å². The normalized spacial score (nSPS) is 9.57. The molecule has 0 amide bonds. The smallest absolute Gasteiger partial charge is 0.237 e. The Bertz CT molecular complexity index is 71.3. The summed E-state index contributed by atoms with van der Waals surface area (Å²) in [5, 5.41) is 9.43. The van der Waals surface area contributed by atoms with E-state index < -0.39 is 11.5 Å². The van der Waals surface area contributed by atoms with Crippen molar-refractivity contribution in [3.8, 4) is 0 Å². The fourth-order valence-electron chi connectivity index (χ4n) is 0.149. The highest BCUT2D eigenvalue weighted by Crippen LogP contribution is 1.73. The topological polar surface area (TPSA) is 95.2 Å². The Morgan fingerprint density at radius 1 is 1.71 bits per heavy atom. The minimum absolute atomic E-state index is 0.162. The largest absolute Gasteiger partial charge is 0.305 e. The van der Waals surface area contributed by atoms with Gasteiger partial charge in [-0.05, 0) is 0 Å². The Morgan fingerprint density at radius 2 is 2.14 bits per heavy atom. The van der Waals surface area contributed by atoms with Crippen molar-refractivity contribution in [2.45, 2.75) is 0 Å². The van der Waals surface area contributed by atoms with Gasteiger partial charge in [0.15, 0.2) is 6.17 Å². The van der Waals surface area contributed by atoms with E-state index in [-0.39, 0.29) is 6.17 Å². The van der Waals surface area contributed by atoms with Gasteiger partial charge in [-0.3, -0.25) is 10.1 Å². The lowest BCUT2D eigenvalue weighted by atomic mass is 10.6. The molecule has 0 heterocycles. The van der Waals surface area contributed by atoms with Crippen molar-refractivity contribution < 1.29 is 4.92 Å². The highest BCUT2D eigenvalue weighted by atomic mass is 16.6. The molecule has 0 aromatic rings. The summed E-state index contributed by atoms with van der Waals surface area (Å²) < 4.78 is 0. The van der Waals surface area contributed by atoms with Crippen molar-refractivity contribution >= 4 is 0 Å². The van der Waals surface area contributed by atoms with Crippen molar-refractivity contribution in [1.29, 1.82) is 0 Å². The molecule has 5 heteroatoms. The summed E-state index contributed by atoms with van der Waals surface area (Å²) >= 11 is 0. The van der Waals surface area contributed by atoms with E-state index >= 15 is 0 Å². The average Bonchev–Trinajstić information content (AvgIpc) is 1.27. The summed E-state index contributed by atoms with van der Waals surface area (Å²) in [6.45, 7) is -0.444. The molecule has 0 spiro atoms. The van der Waals surface area contributed by atoms with Crippen molar-refractivity contribution in [2.24, 2.45) is 11.5 Å². The number of nitro groups is 1. The van der Waals surface area contributed by atoms with Crippen LogP contribution in [0.4, 0.5) is 0 Å². The van der Waals surface area contributed by atoms with Crippen LogP contribution in [0.5, 0.6) is 0 Å². The van der Waals surface area contributed by atoms with Crippen LogP contribution in [0.3, 0.4) is 0 Å². The van der Waals surface area contributed by atoms with Crippen LogP contribution < -0.4 is 11.5 Å². The van der Waals surface area contributed by atoms with Crippen LogP contribution in [-0.2, 0) is 0 Å². The number of nitrogens with zero attached hydrogens (tertiary/aromatic N) is 1. The van der Waals surface area contributed by atoms with Gasteiger partial charge in [-0.2, -0.15) is 0 Å². The summed E-state index contributed by atoms with van der Waals surface area (Å²) in [6.07, 6.45) is -0.162. The van der Waals surface area contributed by atoms with Gasteiger partial charge in [-0.15, -0.1) is 0 Å². The SMILES string of the molecule is N[C](N)C[N+](=O)[O-]. The molecule has 0 aliphatic heterocycles. The molecule has 0 atom stereocenters. The van der Waals surface area contributed by atoms with E-state index in [4.69, 9.17) is 11.5 Å². The Morgan fingerprint density at radius 3 is 2.14 bits per heavy atom. The van der Waals surface area contributed by atoms with Crippen LogP contribution in [0.15, 0.2) is 0 Å². The molecule has 0 bridgehead atoms. The van der Waals surface area contributed by atoms with Gasteiger partial charge in [0.2, 0.25) is 6.54 Å². The molecule has 1 radical (unpaired) electrons. The molecule has 0 saturated carbocycles. The molecule has 0 aliphatic rings. The number of nitrogens with two attached hydrogens (primary N) is 2. The van der Waals surface area contributed by atoms with E-state index in [0.29, 0.717) is 0 Å². The van der Waals surface area contributed by atoms with Crippen molar-refractivity contribution in [3.63, 3.8) is 0 Å². The summed E-state index contributed by atoms with van der Waals surface area (Å²) in [6, 6.07) is 0. The molecule has 0 aromatic heterocycles. The summed E-state index contributed by atoms with van der Waals surface area (Å²) in [4.78, 5) is 8.85. The predicted octanol–water partition coefficient (Wildman–Crippen LogP) is -1.33. The number of rotatable bonds is 2. The lowest BCUT2D eigenvalue weighted by molar-refractivity contribution is -0.475. The first-order valence-electron chi connectivity index (χ1n) is 1.61. The zero-order valence-corrected chi connectivity index (χ0v) is 3.63. The Balaban J connectivity index is 3.13. The van der Waals surface area contributed by atoms with Crippen LogP contribution in [0.25, 0.3) is 0 Å². The lowest BCUT2D eigenvalue weighted by Crippen LogP contribution is -2.28. The summed E-state index contributed by atoms with van der Waals surface area (Å²) in [7, 11) is 0. The van der Waals surface area contributed by atoms with E-state index in [1.807, 2.05) is 0 Å². The van der Waals surface area contributed by atoms with Gasteiger partial charge < -0.3 is 11.5 Å². The van der Waals surface area contributed by atoms with Gasteiger partial charge in [0, 0.05) is 4.92 Å². The molecular formula is C2H6N3O2. The first-order valence-corrected chi connectivity index (χ1v) is 1.61. The van der Waals surface area contributed by atoms with E-state index in [0.717, 1.165) is 0 Å². The maximum Gasteiger partial charge on any atom is 0.237 e. The highest BCUT2D eigenvalue weighted by molar-refractivity contribution is 4.69. The predicted molar refractivity (Wildman–Crippen MR) is 23.5 cm³/mol. The molecular weight excluding hydrogens is 98.0 g/mol. The maximum absolute atomic E-state index is 9.43. The van der Waals surface area contributed by atoms with Crippen molar-refractivity contribution in [3.05, 3.63) is 16.3 Å². The fourth-order valence-corrected chi connectivity index (χ4v) is 0.149. The highest BCUT2D eigenvalue weighted by Gasteiger charge is 2.01. The third kappa shape index (κ3) is 5.32. The van der Waals surface area contributed by atoms with Gasteiger partial charge >= 0.3 is 0 Å².